The zero-order valence-corrected chi connectivity index (χ0v) is 15.8. The fourth-order valence-corrected chi connectivity index (χ4v) is 6.49. The predicted molar refractivity (Wildman–Crippen MR) is 93.0 cm³/mol. The summed E-state index contributed by atoms with van der Waals surface area (Å²) in [4.78, 5) is 48.4. The van der Waals surface area contributed by atoms with Crippen molar-refractivity contribution >= 4 is 23.9 Å². The van der Waals surface area contributed by atoms with Crippen LogP contribution in [0.2, 0.25) is 0 Å². The SMILES string of the molecule is CCCC1(C(=O)O)C2CC(C(=O)O)C(C(=O)O)C(C)C2C1(CCC)C(=O)O. The van der Waals surface area contributed by atoms with Crippen molar-refractivity contribution in [3.63, 3.8) is 0 Å². The van der Waals surface area contributed by atoms with E-state index in [1.54, 1.807) is 20.8 Å². The summed E-state index contributed by atoms with van der Waals surface area (Å²) in [6, 6.07) is 0. The lowest BCUT2D eigenvalue weighted by molar-refractivity contribution is -0.269. The number of aliphatic carboxylic acids is 4. The van der Waals surface area contributed by atoms with Gasteiger partial charge in [-0.25, -0.2) is 0 Å². The molecule has 7 unspecified atom stereocenters. The van der Waals surface area contributed by atoms with Gasteiger partial charge in [0.15, 0.2) is 0 Å². The fourth-order valence-electron chi connectivity index (χ4n) is 6.49. The summed E-state index contributed by atoms with van der Waals surface area (Å²) >= 11 is 0. The Balaban J connectivity index is 2.70. The Hall–Kier alpha value is -2.12. The van der Waals surface area contributed by atoms with Crippen LogP contribution in [-0.4, -0.2) is 44.3 Å². The molecule has 152 valence electrons. The average Bonchev–Trinajstić information content (AvgIpc) is 2.55. The van der Waals surface area contributed by atoms with Crippen LogP contribution in [-0.2, 0) is 19.2 Å². The molecule has 0 spiro atoms. The highest BCUT2D eigenvalue weighted by atomic mass is 16.4. The fraction of sp³-hybridized carbons (Fsp3) is 0.789. The Morgan fingerprint density at radius 3 is 1.70 bits per heavy atom. The van der Waals surface area contributed by atoms with Crippen LogP contribution in [0.25, 0.3) is 0 Å². The van der Waals surface area contributed by atoms with Crippen molar-refractivity contribution in [2.45, 2.75) is 52.9 Å². The lowest BCUT2D eigenvalue weighted by atomic mass is 9.30. The average molecular weight is 384 g/mol. The molecule has 2 saturated carbocycles. The number of carbonyl (C=O) groups is 4. The van der Waals surface area contributed by atoms with E-state index in [9.17, 15) is 39.6 Å². The highest BCUT2D eigenvalue weighted by Crippen LogP contribution is 2.75. The monoisotopic (exact) mass is 384 g/mol. The van der Waals surface area contributed by atoms with Crippen LogP contribution >= 0.6 is 0 Å². The summed E-state index contributed by atoms with van der Waals surface area (Å²) in [5, 5.41) is 39.4. The predicted octanol–water partition coefficient (Wildman–Crippen LogP) is 2.42. The van der Waals surface area contributed by atoms with E-state index in [4.69, 9.17) is 0 Å². The molecule has 27 heavy (non-hydrogen) atoms. The van der Waals surface area contributed by atoms with Gasteiger partial charge in [-0.3, -0.25) is 19.2 Å². The van der Waals surface area contributed by atoms with E-state index < -0.39 is 64.3 Å². The van der Waals surface area contributed by atoms with Crippen molar-refractivity contribution in [3.8, 4) is 0 Å². The molecule has 0 aromatic heterocycles. The Bertz CT molecular complexity index is 658. The normalized spacial score (nSPS) is 40.5. The first-order valence-electron chi connectivity index (χ1n) is 9.46. The molecule has 2 aliphatic rings. The van der Waals surface area contributed by atoms with Crippen LogP contribution < -0.4 is 0 Å². The van der Waals surface area contributed by atoms with Crippen molar-refractivity contribution in [1.29, 1.82) is 0 Å². The summed E-state index contributed by atoms with van der Waals surface area (Å²) in [6.45, 7) is 5.12. The molecule has 7 atom stereocenters. The minimum Gasteiger partial charge on any atom is -0.481 e. The van der Waals surface area contributed by atoms with Gasteiger partial charge >= 0.3 is 23.9 Å². The first-order valence-corrected chi connectivity index (χ1v) is 9.46. The van der Waals surface area contributed by atoms with E-state index in [0.29, 0.717) is 12.8 Å². The Morgan fingerprint density at radius 2 is 1.33 bits per heavy atom. The molecule has 4 N–H and O–H groups in total. The van der Waals surface area contributed by atoms with E-state index in [0.717, 1.165) is 0 Å². The summed E-state index contributed by atoms with van der Waals surface area (Å²) in [5.74, 6) is -9.50. The second kappa shape index (κ2) is 7.13. The molecule has 0 bridgehead atoms. The summed E-state index contributed by atoms with van der Waals surface area (Å²) in [5.41, 5.74) is -3.15. The van der Waals surface area contributed by atoms with Crippen LogP contribution in [0, 0.1) is 40.4 Å². The molecule has 2 rings (SSSR count). The number of rotatable bonds is 8. The highest BCUT2D eigenvalue weighted by molar-refractivity contribution is 5.91. The van der Waals surface area contributed by atoms with E-state index in [1.807, 2.05) is 0 Å². The topological polar surface area (TPSA) is 149 Å². The Kier molecular flexibility index (Phi) is 5.59. The van der Waals surface area contributed by atoms with Gasteiger partial charge in [0.2, 0.25) is 0 Å². The standard InChI is InChI=1S/C19H28O8/c1-4-6-18(16(24)25)11-8-10(14(20)21)12(15(22)23)9(3)13(11)19(18,7-5-2)17(26)27/h9-13H,4-8H2,1-3H3,(H,20,21)(H,22,23)(H,24,25)(H,26,27). The highest BCUT2D eigenvalue weighted by Gasteiger charge is 2.80. The maximum Gasteiger partial charge on any atom is 0.311 e. The van der Waals surface area contributed by atoms with Crippen molar-refractivity contribution in [2.24, 2.45) is 40.4 Å². The molecule has 0 radical (unpaired) electrons. The van der Waals surface area contributed by atoms with Crippen LogP contribution in [0.4, 0.5) is 0 Å². The first-order chi connectivity index (χ1) is 12.5. The maximum absolute atomic E-state index is 12.5. The van der Waals surface area contributed by atoms with Crippen LogP contribution in [0.15, 0.2) is 0 Å². The third-order valence-corrected chi connectivity index (χ3v) is 7.16. The molecule has 2 aliphatic carbocycles. The third-order valence-electron chi connectivity index (χ3n) is 7.16. The van der Waals surface area contributed by atoms with E-state index in [1.165, 1.54) is 0 Å². The number of carboxylic acids is 4. The zero-order chi connectivity index (χ0) is 20.7. The number of carboxylic acid groups (broad SMARTS) is 4. The van der Waals surface area contributed by atoms with Gasteiger partial charge in [-0.1, -0.05) is 33.6 Å². The van der Waals surface area contributed by atoms with Gasteiger partial charge in [0.1, 0.15) is 0 Å². The molecule has 0 amide bonds. The molecule has 2 fully saturated rings. The minimum atomic E-state index is -1.58. The van der Waals surface area contributed by atoms with Crippen LogP contribution in [0.1, 0.15) is 52.9 Å². The van der Waals surface area contributed by atoms with Gasteiger partial charge in [-0.05, 0) is 37.0 Å². The quantitative estimate of drug-likeness (QED) is 0.498. The first kappa shape index (κ1) is 21.2. The molecule has 8 nitrogen and oxygen atoms in total. The molecule has 0 saturated heterocycles. The van der Waals surface area contributed by atoms with Gasteiger partial charge in [0.25, 0.3) is 0 Å². The van der Waals surface area contributed by atoms with Gasteiger partial charge in [-0.15, -0.1) is 0 Å². The summed E-state index contributed by atoms with van der Waals surface area (Å²) in [6.07, 6.45) is 1.03. The van der Waals surface area contributed by atoms with E-state index >= 15 is 0 Å². The Morgan fingerprint density at radius 1 is 0.852 bits per heavy atom. The molecule has 0 aromatic carbocycles. The smallest absolute Gasteiger partial charge is 0.311 e. The molecule has 8 heteroatoms. The third kappa shape index (κ3) is 2.56. The molecule has 0 heterocycles. The number of hydrogen-bond donors (Lipinski definition) is 4. The van der Waals surface area contributed by atoms with Gasteiger partial charge in [-0.2, -0.15) is 0 Å². The summed E-state index contributed by atoms with van der Waals surface area (Å²) in [7, 11) is 0. The van der Waals surface area contributed by atoms with Gasteiger partial charge in [0, 0.05) is 0 Å². The van der Waals surface area contributed by atoms with Crippen molar-refractivity contribution in [1.82, 2.24) is 0 Å². The molecule has 0 aromatic rings. The van der Waals surface area contributed by atoms with Crippen molar-refractivity contribution < 1.29 is 39.6 Å². The number of hydrogen-bond acceptors (Lipinski definition) is 4. The van der Waals surface area contributed by atoms with Crippen molar-refractivity contribution in [3.05, 3.63) is 0 Å². The van der Waals surface area contributed by atoms with Crippen molar-refractivity contribution in [2.75, 3.05) is 0 Å². The summed E-state index contributed by atoms with van der Waals surface area (Å²) < 4.78 is 0. The molecule has 0 aliphatic heterocycles. The zero-order valence-electron chi connectivity index (χ0n) is 15.8. The van der Waals surface area contributed by atoms with E-state index in [-0.39, 0.29) is 19.3 Å². The van der Waals surface area contributed by atoms with Gasteiger partial charge < -0.3 is 20.4 Å². The molecular weight excluding hydrogens is 356 g/mol. The lowest BCUT2D eigenvalue weighted by Crippen LogP contribution is -2.76. The van der Waals surface area contributed by atoms with Crippen LogP contribution in [0.3, 0.4) is 0 Å². The second-order valence-electron chi connectivity index (χ2n) is 8.09. The molecular formula is C19H28O8. The van der Waals surface area contributed by atoms with Gasteiger partial charge in [0.05, 0.1) is 22.7 Å². The minimum absolute atomic E-state index is 0.119. The van der Waals surface area contributed by atoms with E-state index in [2.05, 4.69) is 0 Å². The van der Waals surface area contributed by atoms with Crippen LogP contribution in [0.5, 0.6) is 0 Å². The second-order valence-corrected chi connectivity index (χ2v) is 8.09. The number of fused-ring (bicyclic) bond motifs is 1. The lowest BCUT2D eigenvalue weighted by Gasteiger charge is -2.70. The maximum atomic E-state index is 12.5. The Labute approximate surface area is 157 Å². The largest absolute Gasteiger partial charge is 0.481 e.